The minimum atomic E-state index is -0.801. The first kappa shape index (κ1) is 34.2. The molecule has 8 nitrogen and oxygen atoms in total. The van der Waals surface area contributed by atoms with Gasteiger partial charge in [0, 0.05) is 86.9 Å². The molecule has 2 radical (unpaired) electrons. The largest absolute Gasteiger partial charge is 0.542 e. The molecule has 0 fully saturated rings. The Morgan fingerprint density at radius 1 is 0.962 bits per heavy atom. The van der Waals surface area contributed by atoms with Crippen molar-refractivity contribution in [1.82, 2.24) is 0 Å². The van der Waals surface area contributed by atoms with E-state index in [0.29, 0.717) is 19.3 Å². The van der Waals surface area contributed by atoms with Gasteiger partial charge in [0.25, 0.3) is 0 Å². The van der Waals surface area contributed by atoms with E-state index in [1.165, 1.54) is 0 Å². The number of nitrogens with zero attached hydrogens (tertiary/aromatic N) is 2. The molecule has 0 aliphatic heterocycles. The normalized spacial score (nSPS) is 14.0. The van der Waals surface area contributed by atoms with Crippen LogP contribution in [-0.4, -0.2) is 39.8 Å². The van der Waals surface area contributed by atoms with E-state index in [2.05, 4.69) is 13.2 Å². The Balaban J connectivity index is -0.000000173. The Labute approximate surface area is 209 Å². The summed E-state index contributed by atoms with van der Waals surface area (Å²) >= 11 is 1.10. The van der Waals surface area contributed by atoms with Crippen molar-refractivity contribution >= 4 is 24.3 Å². The summed E-state index contributed by atoms with van der Waals surface area (Å²) in [7, 11) is 0. The molecule has 0 saturated heterocycles. The molecule has 0 aliphatic rings. The number of carbonyl (C=O) groups excluding carboxylic acids is 2. The molecule has 0 bridgehead atoms. The first-order valence-corrected chi connectivity index (χ1v) is 8.56. The molecule has 0 aliphatic carbocycles. The second kappa shape index (κ2) is 22.0. The number of hydrogen-bond acceptors (Lipinski definition) is 7. The molecule has 0 aromatic carbocycles. The van der Waals surface area contributed by atoms with Crippen LogP contribution in [0.4, 0.5) is 0 Å². The SMILES string of the molecule is [CH2-]CC(CC)C(C[C-]=O)[N+](=O)[O-].[CH2-]SC(C[C-]=O)C(CC)[N+](=O)[O-].[Y].[Y]. The molecule has 0 aromatic heterocycles. The first-order valence-electron chi connectivity index (χ1n) is 7.51. The topological polar surface area (TPSA) is 120 Å². The predicted molar refractivity (Wildman–Crippen MR) is 93.0 cm³/mol. The molecule has 0 heterocycles. The van der Waals surface area contributed by atoms with Crippen molar-refractivity contribution in [3.63, 3.8) is 0 Å². The van der Waals surface area contributed by atoms with Crippen LogP contribution in [0.3, 0.4) is 0 Å². The maximum Gasteiger partial charge on any atom is 0.219 e. The van der Waals surface area contributed by atoms with Crippen molar-refractivity contribution in [2.45, 2.75) is 63.3 Å². The van der Waals surface area contributed by atoms with Crippen molar-refractivity contribution in [2.75, 3.05) is 0 Å². The van der Waals surface area contributed by atoms with E-state index in [4.69, 9.17) is 0 Å². The van der Waals surface area contributed by atoms with Crippen LogP contribution in [0.15, 0.2) is 0 Å². The molecule has 4 atom stereocenters. The molecule has 26 heavy (non-hydrogen) atoms. The maximum absolute atomic E-state index is 10.4. The summed E-state index contributed by atoms with van der Waals surface area (Å²) in [6.07, 6.45) is 8.28. The van der Waals surface area contributed by atoms with Gasteiger partial charge in [-0.3, -0.25) is 39.1 Å². The average Bonchev–Trinajstić information content (AvgIpc) is 2.55. The fourth-order valence-corrected chi connectivity index (χ4v) is 2.80. The number of thioether (sulfide) groups is 1. The Kier molecular flexibility index (Phi) is 28.9. The molecule has 0 saturated carbocycles. The Hall–Kier alpha value is 0.698. The Morgan fingerprint density at radius 2 is 1.42 bits per heavy atom. The van der Waals surface area contributed by atoms with Gasteiger partial charge in [-0.2, -0.15) is 6.42 Å². The van der Waals surface area contributed by atoms with E-state index in [1.54, 1.807) is 19.5 Å². The maximum atomic E-state index is 10.4. The van der Waals surface area contributed by atoms with Gasteiger partial charge in [0.1, 0.15) is 0 Å². The zero-order valence-corrected chi connectivity index (χ0v) is 21.7. The van der Waals surface area contributed by atoms with E-state index < -0.39 is 17.0 Å². The van der Waals surface area contributed by atoms with Gasteiger partial charge in [-0.1, -0.05) is 20.3 Å². The van der Waals surface area contributed by atoms with Crippen LogP contribution < -0.4 is 0 Å². The van der Waals surface area contributed by atoms with Crippen LogP contribution in [0.1, 0.15) is 46.0 Å². The average molecular weight is 538 g/mol. The van der Waals surface area contributed by atoms with Gasteiger partial charge in [0.15, 0.2) is 6.04 Å². The second-order valence-electron chi connectivity index (χ2n) is 4.97. The van der Waals surface area contributed by atoms with Crippen molar-refractivity contribution < 1.29 is 84.9 Å². The zero-order valence-electron chi connectivity index (χ0n) is 15.2. The molecule has 0 amide bonds. The van der Waals surface area contributed by atoms with E-state index in [9.17, 15) is 29.8 Å². The molecule has 4 unspecified atom stereocenters. The predicted octanol–water partition coefficient (Wildman–Crippen LogP) is 2.81. The molecule has 0 N–H and O–H groups in total. The van der Waals surface area contributed by atoms with Gasteiger partial charge in [-0.05, 0) is 12.3 Å². The molecule has 0 spiro atoms. The third-order valence-corrected chi connectivity index (χ3v) is 4.53. The third kappa shape index (κ3) is 14.7. The van der Waals surface area contributed by atoms with Gasteiger partial charge in [-0.25, -0.2) is 0 Å². The van der Waals surface area contributed by atoms with E-state index in [0.717, 1.165) is 11.8 Å². The number of hydrogen-bond donors (Lipinski definition) is 0. The minimum Gasteiger partial charge on any atom is -0.542 e. The van der Waals surface area contributed by atoms with Gasteiger partial charge in [-0.15, -0.1) is 6.42 Å². The summed E-state index contributed by atoms with van der Waals surface area (Å²) in [6.45, 7) is 7.19. The van der Waals surface area contributed by atoms with Crippen molar-refractivity contribution in [2.24, 2.45) is 5.92 Å². The van der Waals surface area contributed by atoms with Gasteiger partial charge in [0.05, 0.1) is 0 Å². The molecular formula is C15H24N2O6SY2-4. The third-order valence-electron chi connectivity index (χ3n) is 3.62. The van der Waals surface area contributed by atoms with E-state index >= 15 is 0 Å². The summed E-state index contributed by atoms with van der Waals surface area (Å²) < 4.78 is 0. The number of nitro groups is 2. The van der Waals surface area contributed by atoms with Gasteiger partial charge >= 0.3 is 0 Å². The molecule has 11 heteroatoms. The quantitative estimate of drug-likeness (QED) is 0.213. The Morgan fingerprint density at radius 3 is 1.65 bits per heavy atom. The standard InChI is InChI=1S/C8H13NO3.C7H11NO3S.2Y/c1-3-7(4-2)8(5-6-10)9(11)12;1-3-6(8(10)11)7(12-2)4-5-9;;/h7-8H,1,3-5H2,2H3;6-7H,2-4H2,1H3;;/q2*-2;;. The molecule has 0 aromatic rings. The molecular weight excluding hydrogens is 514 g/mol. The van der Waals surface area contributed by atoms with Crippen LogP contribution in [0, 0.1) is 39.3 Å². The summed E-state index contributed by atoms with van der Waals surface area (Å²) in [5, 5.41) is 20.5. The van der Waals surface area contributed by atoms with Crippen molar-refractivity contribution in [3.05, 3.63) is 33.4 Å². The van der Waals surface area contributed by atoms with Crippen LogP contribution in [-0.2, 0) is 75.0 Å². The molecule has 146 valence electrons. The monoisotopic (exact) mass is 538 g/mol. The fourth-order valence-electron chi connectivity index (χ4n) is 2.10. The molecule has 0 rings (SSSR count). The van der Waals surface area contributed by atoms with Crippen LogP contribution in [0.5, 0.6) is 0 Å². The number of rotatable bonds is 12. The van der Waals surface area contributed by atoms with Gasteiger partial charge in [0.2, 0.25) is 6.04 Å². The zero-order chi connectivity index (χ0) is 19.1. The minimum absolute atomic E-state index is 0. The van der Waals surface area contributed by atoms with E-state index in [1.807, 2.05) is 6.92 Å². The van der Waals surface area contributed by atoms with E-state index in [-0.39, 0.29) is 94.4 Å². The van der Waals surface area contributed by atoms with Crippen LogP contribution in [0.2, 0.25) is 0 Å². The summed E-state index contributed by atoms with van der Waals surface area (Å²) in [5.41, 5.74) is 0. The first-order chi connectivity index (χ1) is 11.3. The Bertz CT molecular complexity index is 400. The van der Waals surface area contributed by atoms with Crippen molar-refractivity contribution in [1.29, 1.82) is 0 Å². The summed E-state index contributed by atoms with van der Waals surface area (Å²) in [5.74, 6) is -0.110. The fraction of sp³-hybridized carbons (Fsp3) is 0.733. The van der Waals surface area contributed by atoms with Crippen LogP contribution in [0.25, 0.3) is 0 Å². The smallest absolute Gasteiger partial charge is 0.219 e. The summed E-state index contributed by atoms with van der Waals surface area (Å²) in [4.78, 5) is 40.1. The van der Waals surface area contributed by atoms with Crippen LogP contribution >= 0.6 is 11.8 Å². The summed E-state index contributed by atoms with van der Waals surface area (Å²) in [6, 6.07) is -1.49. The van der Waals surface area contributed by atoms with Crippen molar-refractivity contribution in [3.8, 4) is 0 Å². The second-order valence-corrected chi connectivity index (χ2v) is 5.91. The van der Waals surface area contributed by atoms with Gasteiger partial charge < -0.3 is 28.3 Å².